The molecule has 0 radical (unpaired) electrons. The van der Waals surface area contributed by atoms with Gasteiger partial charge in [-0.15, -0.1) is 0 Å². The number of carbonyl (C=O) groups excluding carboxylic acids is 2. The summed E-state index contributed by atoms with van der Waals surface area (Å²) in [5.74, 6) is -0.217. The van der Waals surface area contributed by atoms with Crippen LogP contribution in [0.4, 0.5) is 0 Å². The van der Waals surface area contributed by atoms with Gasteiger partial charge in [0, 0.05) is 25.4 Å². The highest BCUT2D eigenvalue weighted by Crippen LogP contribution is 2.22. The van der Waals surface area contributed by atoms with Crippen molar-refractivity contribution in [2.45, 2.75) is 38.9 Å². The van der Waals surface area contributed by atoms with E-state index in [1.807, 2.05) is 55.5 Å². The summed E-state index contributed by atoms with van der Waals surface area (Å²) in [6.45, 7) is 3.02. The molecule has 1 saturated heterocycles. The van der Waals surface area contributed by atoms with Gasteiger partial charge in [-0.3, -0.25) is 24.1 Å². The van der Waals surface area contributed by atoms with Crippen LogP contribution >= 0.6 is 0 Å². The van der Waals surface area contributed by atoms with Gasteiger partial charge in [0.25, 0.3) is 0 Å². The number of amides is 2. The third-order valence-electron chi connectivity index (χ3n) is 4.68. The van der Waals surface area contributed by atoms with Crippen molar-refractivity contribution in [3.63, 3.8) is 0 Å². The molecule has 0 saturated carbocycles. The first kappa shape index (κ1) is 17.4. The normalized spacial score (nSPS) is 17.8. The molecule has 6 heteroatoms. The van der Waals surface area contributed by atoms with Gasteiger partial charge in [0.05, 0.1) is 24.7 Å². The van der Waals surface area contributed by atoms with Crippen LogP contribution in [0.25, 0.3) is 0 Å². The van der Waals surface area contributed by atoms with Crippen LogP contribution in [0.15, 0.2) is 36.5 Å². The molecule has 2 amide bonds. The number of hydrogen-bond donors (Lipinski definition) is 0. The minimum absolute atomic E-state index is 0.104. The first-order chi connectivity index (χ1) is 12.0. The number of aryl methyl sites for hydroxylation is 2. The quantitative estimate of drug-likeness (QED) is 0.752. The van der Waals surface area contributed by atoms with Gasteiger partial charge in [-0.05, 0) is 19.0 Å². The second kappa shape index (κ2) is 7.19. The molecule has 6 nitrogen and oxygen atoms in total. The van der Waals surface area contributed by atoms with Gasteiger partial charge in [-0.2, -0.15) is 5.10 Å². The zero-order chi connectivity index (χ0) is 18.0. The summed E-state index contributed by atoms with van der Waals surface area (Å²) in [7, 11) is 3.79. The molecule has 25 heavy (non-hydrogen) atoms. The van der Waals surface area contributed by atoms with Crippen LogP contribution in [-0.2, 0) is 36.1 Å². The lowest BCUT2D eigenvalue weighted by Crippen LogP contribution is -2.39. The highest BCUT2D eigenvalue weighted by Gasteiger charge is 2.40. The SMILES string of the molecule is CCc1nn(C)cc1CN(C)[C@H]1CC(=O)N(Cc2ccccc2)C1=O. The van der Waals surface area contributed by atoms with E-state index in [9.17, 15) is 9.59 Å². The topological polar surface area (TPSA) is 58.4 Å². The highest BCUT2D eigenvalue weighted by atomic mass is 16.2. The van der Waals surface area contributed by atoms with Crippen LogP contribution < -0.4 is 0 Å². The second-order valence-electron chi connectivity index (χ2n) is 6.57. The molecule has 0 aliphatic carbocycles. The number of rotatable bonds is 6. The number of likely N-dealkylation sites (tertiary alicyclic amines) is 1. The van der Waals surface area contributed by atoms with Crippen molar-refractivity contribution in [2.24, 2.45) is 7.05 Å². The third kappa shape index (κ3) is 3.64. The fourth-order valence-electron chi connectivity index (χ4n) is 3.33. The average Bonchev–Trinajstić information content (AvgIpc) is 3.09. The molecule has 1 atom stereocenters. The minimum atomic E-state index is -0.402. The molecule has 1 aliphatic rings. The molecule has 0 unspecified atom stereocenters. The summed E-state index contributed by atoms with van der Waals surface area (Å²) < 4.78 is 1.80. The Morgan fingerprint density at radius 2 is 1.96 bits per heavy atom. The lowest BCUT2D eigenvalue weighted by molar-refractivity contribution is -0.140. The molecule has 132 valence electrons. The molecule has 0 spiro atoms. The van der Waals surface area contributed by atoms with Crippen molar-refractivity contribution in [3.8, 4) is 0 Å². The molecular weight excluding hydrogens is 316 g/mol. The Hall–Kier alpha value is -2.47. The first-order valence-corrected chi connectivity index (χ1v) is 8.59. The Labute approximate surface area is 148 Å². The first-order valence-electron chi connectivity index (χ1n) is 8.59. The number of imide groups is 1. The summed E-state index contributed by atoms with van der Waals surface area (Å²) >= 11 is 0. The smallest absolute Gasteiger partial charge is 0.247 e. The number of likely N-dealkylation sites (N-methyl/N-ethyl adjacent to an activating group) is 1. The number of hydrogen-bond acceptors (Lipinski definition) is 4. The molecule has 2 aromatic rings. The monoisotopic (exact) mass is 340 g/mol. The van der Waals surface area contributed by atoms with Gasteiger partial charge < -0.3 is 0 Å². The number of nitrogens with zero attached hydrogens (tertiary/aromatic N) is 4. The minimum Gasteiger partial charge on any atom is -0.290 e. The summed E-state index contributed by atoms with van der Waals surface area (Å²) in [5, 5.41) is 4.44. The molecule has 1 aromatic heterocycles. The van der Waals surface area contributed by atoms with Gasteiger partial charge in [-0.25, -0.2) is 0 Å². The van der Waals surface area contributed by atoms with Crippen LogP contribution in [0.1, 0.15) is 30.2 Å². The Morgan fingerprint density at radius 3 is 2.64 bits per heavy atom. The Kier molecular flexibility index (Phi) is 4.99. The van der Waals surface area contributed by atoms with Crippen LogP contribution in [-0.4, -0.2) is 44.5 Å². The maximum Gasteiger partial charge on any atom is 0.247 e. The third-order valence-corrected chi connectivity index (χ3v) is 4.68. The zero-order valence-electron chi connectivity index (χ0n) is 15.0. The standard InChI is InChI=1S/C19H24N4O2/c1-4-16-15(13-22(3)20-16)12-21(2)17-10-18(24)23(19(17)25)11-14-8-6-5-7-9-14/h5-9,13,17H,4,10-12H2,1-3H3/t17-/m0/s1. The van der Waals surface area contributed by atoms with Crippen LogP contribution in [0.5, 0.6) is 0 Å². The van der Waals surface area contributed by atoms with Crippen molar-refractivity contribution in [1.82, 2.24) is 19.6 Å². The molecule has 1 fully saturated rings. The fourth-order valence-corrected chi connectivity index (χ4v) is 3.33. The van der Waals surface area contributed by atoms with Crippen molar-refractivity contribution in [1.29, 1.82) is 0 Å². The fraction of sp³-hybridized carbons (Fsp3) is 0.421. The number of carbonyl (C=O) groups is 2. The molecule has 1 aliphatic heterocycles. The lowest BCUT2D eigenvalue weighted by Gasteiger charge is -2.22. The Morgan fingerprint density at radius 1 is 1.24 bits per heavy atom. The molecule has 0 bridgehead atoms. The largest absolute Gasteiger partial charge is 0.290 e. The second-order valence-corrected chi connectivity index (χ2v) is 6.57. The van der Waals surface area contributed by atoms with E-state index in [0.717, 1.165) is 23.2 Å². The van der Waals surface area contributed by atoms with Gasteiger partial charge in [0.15, 0.2) is 0 Å². The van der Waals surface area contributed by atoms with E-state index in [2.05, 4.69) is 12.0 Å². The highest BCUT2D eigenvalue weighted by molar-refractivity contribution is 6.05. The van der Waals surface area contributed by atoms with Crippen molar-refractivity contribution < 1.29 is 9.59 Å². The van der Waals surface area contributed by atoms with Gasteiger partial charge in [0.1, 0.15) is 0 Å². The van der Waals surface area contributed by atoms with E-state index in [1.54, 1.807) is 4.68 Å². The molecular formula is C19H24N4O2. The van der Waals surface area contributed by atoms with Crippen molar-refractivity contribution in [3.05, 3.63) is 53.3 Å². The average molecular weight is 340 g/mol. The van der Waals surface area contributed by atoms with Crippen LogP contribution in [0.3, 0.4) is 0 Å². The maximum atomic E-state index is 12.8. The van der Waals surface area contributed by atoms with E-state index in [4.69, 9.17) is 0 Å². The zero-order valence-corrected chi connectivity index (χ0v) is 15.0. The van der Waals surface area contributed by atoms with Crippen molar-refractivity contribution >= 4 is 11.8 Å². The van der Waals surface area contributed by atoms with Gasteiger partial charge in [-0.1, -0.05) is 37.3 Å². The van der Waals surface area contributed by atoms with E-state index in [-0.39, 0.29) is 18.2 Å². The van der Waals surface area contributed by atoms with Crippen molar-refractivity contribution in [2.75, 3.05) is 7.05 Å². The summed E-state index contributed by atoms with van der Waals surface area (Å²) in [6.07, 6.45) is 3.07. The maximum absolute atomic E-state index is 12.8. The van der Waals surface area contributed by atoms with E-state index in [0.29, 0.717) is 13.1 Å². The van der Waals surface area contributed by atoms with Crippen LogP contribution in [0, 0.1) is 0 Å². The Balaban J connectivity index is 1.70. The summed E-state index contributed by atoms with van der Waals surface area (Å²) in [5.41, 5.74) is 3.11. The van der Waals surface area contributed by atoms with Gasteiger partial charge >= 0.3 is 0 Å². The molecule has 0 N–H and O–H groups in total. The lowest BCUT2D eigenvalue weighted by atomic mass is 10.1. The molecule has 3 rings (SSSR count). The molecule has 2 heterocycles. The van der Waals surface area contributed by atoms with E-state index >= 15 is 0 Å². The molecule has 1 aromatic carbocycles. The summed E-state index contributed by atoms with van der Waals surface area (Å²) in [4.78, 5) is 28.4. The predicted octanol–water partition coefficient (Wildman–Crippen LogP) is 1.74. The summed E-state index contributed by atoms with van der Waals surface area (Å²) in [6, 6.07) is 9.22. The van der Waals surface area contributed by atoms with E-state index < -0.39 is 6.04 Å². The number of benzene rings is 1. The van der Waals surface area contributed by atoms with Crippen LogP contribution in [0.2, 0.25) is 0 Å². The Bertz CT molecular complexity index is 769. The number of aromatic nitrogens is 2. The van der Waals surface area contributed by atoms with E-state index in [1.165, 1.54) is 4.90 Å². The van der Waals surface area contributed by atoms with Gasteiger partial charge in [0.2, 0.25) is 11.8 Å². The predicted molar refractivity (Wildman–Crippen MR) is 94.5 cm³/mol.